The van der Waals surface area contributed by atoms with E-state index < -0.39 is 0 Å². The molecule has 0 spiro atoms. The smallest absolute Gasteiger partial charge is 0.164 e. The molecule has 10 aromatic rings. The second-order valence-electron chi connectivity index (χ2n) is 13.3. The fraction of sp³-hybridized carbons (Fsp3) is 0. The van der Waals surface area contributed by atoms with Gasteiger partial charge in [0.25, 0.3) is 0 Å². The van der Waals surface area contributed by atoms with Crippen molar-refractivity contribution >= 4 is 31.6 Å². The van der Waals surface area contributed by atoms with Gasteiger partial charge in [-0.25, -0.2) is 24.9 Å². The fourth-order valence-electron chi connectivity index (χ4n) is 6.96. The summed E-state index contributed by atoms with van der Waals surface area (Å²) in [5, 5.41) is 1.12. The molecule has 0 amide bonds. The fourth-order valence-corrected chi connectivity index (χ4v) is 8.11. The maximum atomic E-state index is 5.30. The molecule has 0 radical (unpaired) electrons. The van der Waals surface area contributed by atoms with Crippen molar-refractivity contribution in [1.82, 2.24) is 24.9 Å². The van der Waals surface area contributed by atoms with Crippen LogP contribution in [-0.4, -0.2) is 24.9 Å². The van der Waals surface area contributed by atoms with Gasteiger partial charge >= 0.3 is 0 Å². The van der Waals surface area contributed by atoms with E-state index in [2.05, 4.69) is 109 Å². The monoisotopic (exact) mass is 721 g/mol. The SMILES string of the molecule is c1ccc(-c2ccc(-c3ccc(-c4nc(-c5cccc(-c6nc(-c7ccccc7)nc(-c7ccccc7)n6)c5)nc5c4sc4ccccc45)cc3)cc2)cc1. The van der Waals surface area contributed by atoms with E-state index in [9.17, 15) is 0 Å². The highest BCUT2D eigenvalue weighted by molar-refractivity contribution is 7.26. The molecule has 7 aromatic carbocycles. The lowest BCUT2D eigenvalue weighted by molar-refractivity contribution is 1.07. The largest absolute Gasteiger partial charge is 0.226 e. The van der Waals surface area contributed by atoms with Crippen LogP contribution in [0.25, 0.3) is 99.4 Å². The van der Waals surface area contributed by atoms with Crippen molar-refractivity contribution in [2.24, 2.45) is 0 Å². The van der Waals surface area contributed by atoms with Crippen molar-refractivity contribution in [3.63, 3.8) is 0 Å². The maximum absolute atomic E-state index is 5.30. The van der Waals surface area contributed by atoms with Gasteiger partial charge in [0.05, 0.1) is 15.9 Å². The Morgan fingerprint density at radius 2 is 0.691 bits per heavy atom. The van der Waals surface area contributed by atoms with Crippen molar-refractivity contribution in [2.75, 3.05) is 0 Å². The van der Waals surface area contributed by atoms with Crippen LogP contribution in [0, 0.1) is 0 Å². The summed E-state index contributed by atoms with van der Waals surface area (Å²) in [5.74, 6) is 2.48. The molecule has 3 aromatic heterocycles. The molecule has 0 aliphatic carbocycles. The molecule has 10 rings (SSSR count). The van der Waals surface area contributed by atoms with Crippen LogP contribution in [0.2, 0.25) is 0 Å². The van der Waals surface area contributed by atoms with Crippen LogP contribution in [-0.2, 0) is 0 Å². The van der Waals surface area contributed by atoms with E-state index in [0.29, 0.717) is 23.3 Å². The summed E-state index contributed by atoms with van der Waals surface area (Å²) in [6, 6.07) is 64.7. The van der Waals surface area contributed by atoms with Gasteiger partial charge in [0.15, 0.2) is 23.3 Å². The number of rotatable bonds is 7. The van der Waals surface area contributed by atoms with E-state index in [1.54, 1.807) is 11.3 Å². The Hall–Kier alpha value is -7.15. The van der Waals surface area contributed by atoms with Crippen LogP contribution < -0.4 is 0 Å². The van der Waals surface area contributed by atoms with Crippen molar-refractivity contribution in [1.29, 1.82) is 0 Å². The first kappa shape index (κ1) is 32.5. The van der Waals surface area contributed by atoms with E-state index in [1.165, 1.54) is 21.4 Å². The lowest BCUT2D eigenvalue weighted by Crippen LogP contribution is -2.00. The molecule has 258 valence electrons. The minimum atomic E-state index is 0.587. The minimum absolute atomic E-state index is 0.587. The molecular weight excluding hydrogens is 691 g/mol. The third kappa shape index (κ3) is 6.35. The first-order chi connectivity index (χ1) is 27.2. The zero-order valence-electron chi connectivity index (χ0n) is 29.5. The molecule has 0 aliphatic heterocycles. The summed E-state index contributed by atoms with van der Waals surface area (Å²) in [6.45, 7) is 0. The zero-order valence-corrected chi connectivity index (χ0v) is 30.4. The molecule has 0 saturated heterocycles. The number of fused-ring (bicyclic) bond motifs is 3. The first-order valence-corrected chi connectivity index (χ1v) is 19.0. The van der Waals surface area contributed by atoms with Crippen molar-refractivity contribution in [3.05, 3.63) is 188 Å². The van der Waals surface area contributed by atoms with Gasteiger partial charge < -0.3 is 0 Å². The van der Waals surface area contributed by atoms with E-state index in [4.69, 9.17) is 24.9 Å². The lowest BCUT2D eigenvalue weighted by Gasteiger charge is -2.11. The summed E-state index contributed by atoms with van der Waals surface area (Å²) in [4.78, 5) is 25.4. The van der Waals surface area contributed by atoms with E-state index >= 15 is 0 Å². The topological polar surface area (TPSA) is 64.5 Å². The van der Waals surface area contributed by atoms with Gasteiger partial charge in [0, 0.05) is 37.9 Å². The standard InChI is InChI=1S/C49H31N5S/c1-4-13-32(14-5-1)33-23-25-34(26-24-33)35-27-29-36(30-28-35)43-45-44(41-21-10-11-22-42(41)55-45)51-48(50-43)39-19-12-20-40(31-39)49-53-46(37-15-6-2-7-16-37)52-47(54-49)38-17-8-3-9-18-38/h1-31H. The lowest BCUT2D eigenvalue weighted by atomic mass is 9.99. The molecule has 0 unspecified atom stereocenters. The van der Waals surface area contributed by atoms with Crippen LogP contribution in [0.3, 0.4) is 0 Å². The zero-order chi connectivity index (χ0) is 36.6. The van der Waals surface area contributed by atoms with Gasteiger partial charge in [-0.2, -0.15) is 0 Å². The molecule has 0 saturated carbocycles. The van der Waals surface area contributed by atoms with Gasteiger partial charge in [-0.15, -0.1) is 11.3 Å². The molecule has 0 N–H and O–H groups in total. The van der Waals surface area contributed by atoms with Crippen LogP contribution in [0.4, 0.5) is 0 Å². The third-order valence-corrected chi connectivity index (χ3v) is 10.9. The van der Waals surface area contributed by atoms with Gasteiger partial charge in [-0.05, 0) is 34.4 Å². The first-order valence-electron chi connectivity index (χ1n) is 18.2. The highest BCUT2D eigenvalue weighted by Gasteiger charge is 2.18. The molecule has 5 nitrogen and oxygen atoms in total. The predicted molar refractivity (Wildman–Crippen MR) is 226 cm³/mol. The van der Waals surface area contributed by atoms with Crippen molar-refractivity contribution < 1.29 is 0 Å². The minimum Gasteiger partial charge on any atom is -0.226 e. The summed E-state index contributed by atoms with van der Waals surface area (Å²) >= 11 is 1.73. The molecule has 6 heteroatoms. The van der Waals surface area contributed by atoms with E-state index in [0.717, 1.165) is 54.7 Å². The highest BCUT2D eigenvalue weighted by Crippen LogP contribution is 2.40. The average Bonchev–Trinajstić information content (AvgIpc) is 3.66. The third-order valence-electron chi connectivity index (χ3n) is 9.78. The predicted octanol–water partition coefficient (Wildman–Crippen LogP) is 12.7. The molecule has 0 bridgehead atoms. The van der Waals surface area contributed by atoms with E-state index in [1.807, 2.05) is 78.9 Å². The normalized spacial score (nSPS) is 11.3. The number of thiophene rings is 1. The molecular formula is C49H31N5S. The quantitative estimate of drug-likeness (QED) is 0.164. The Kier molecular flexibility index (Phi) is 8.28. The van der Waals surface area contributed by atoms with Crippen molar-refractivity contribution in [3.8, 4) is 79.1 Å². The Balaban J connectivity index is 1.06. The van der Waals surface area contributed by atoms with Crippen LogP contribution in [0.1, 0.15) is 0 Å². The Bertz CT molecular complexity index is 2890. The van der Waals surface area contributed by atoms with Crippen LogP contribution >= 0.6 is 11.3 Å². The molecule has 3 heterocycles. The van der Waals surface area contributed by atoms with Crippen LogP contribution in [0.15, 0.2) is 188 Å². The Labute approximate surface area is 322 Å². The van der Waals surface area contributed by atoms with Gasteiger partial charge in [0.1, 0.15) is 0 Å². The molecule has 0 atom stereocenters. The van der Waals surface area contributed by atoms with Gasteiger partial charge in [-0.1, -0.05) is 176 Å². The number of nitrogens with zero attached hydrogens (tertiary/aromatic N) is 5. The van der Waals surface area contributed by atoms with Gasteiger partial charge in [-0.3, -0.25) is 0 Å². The Morgan fingerprint density at radius 3 is 1.24 bits per heavy atom. The number of hydrogen-bond donors (Lipinski definition) is 0. The second kappa shape index (κ2) is 14.0. The molecule has 55 heavy (non-hydrogen) atoms. The Morgan fingerprint density at radius 1 is 0.291 bits per heavy atom. The second-order valence-corrected chi connectivity index (χ2v) is 14.4. The van der Waals surface area contributed by atoms with Crippen molar-refractivity contribution in [2.45, 2.75) is 0 Å². The van der Waals surface area contributed by atoms with E-state index in [-0.39, 0.29) is 0 Å². The summed E-state index contributed by atoms with van der Waals surface area (Å²) in [7, 11) is 0. The summed E-state index contributed by atoms with van der Waals surface area (Å²) in [6.07, 6.45) is 0. The van der Waals surface area contributed by atoms with Gasteiger partial charge in [0.2, 0.25) is 0 Å². The average molecular weight is 722 g/mol. The molecule has 0 fully saturated rings. The van der Waals surface area contributed by atoms with Crippen LogP contribution in [0.5, 0.6) is 0 Å². The maximum Gasteiger partial charge on any atom is 0.164 e. The summed E-state index contributed by atoms with van der Waals surface area (Å²) < 4.78 is 2.25. The molecule has 0 aliphatic rings. The summed E-state index contributed by atoms with van der Waals surface area (Å²) in [5.41, 5.74) is 11.2. The number of hydrogen-bond acceptors (Lipinski definition) is 6. The number of aromatic nitrogens is 5. The highest BCUT2D eigenvalue weighted by atomic mass is 32.1. The number of benzene rings is 7.